The molecular formula is C30H41N3O7. The highest BCUT2D eigenvalue weighted by Crippen LogP contribution is 2.21. The predicted octanol–water partition coefficient (Wildman–Crippen LogP) is 5.02. The Morgan fingerprint density at radius 2 is 1.40 bits per heavy atom. The molecule has 2 aromatic rings. The molecule has 1 heterocycles. The Morgan fingerprint density at radius 3 is 1.95 bits per heavy atom. The Labute approximate surface area is 236 Å². The normalized spacial score (nSPS) is 14.2. The van der Waals surface area contributed by atoms with Crippen LogP contribution < -0.4 is 5.32 Å². The van der Waals surface area contributed by atoms with Crippen molar-refractivity contribution in [2.75, 3.05) is 39.4 Å². The van der Waals surface area contributed by atoms with E-state index in [0.29, 0.717) is 5.56 Å². The molecule has 10 nitrogen and oxygen atoms in total. The van der Waals surface area contributed by atoms with Crippen LogP contribution in [0.25, 0.3) is 11.1 Å². The van der Waals surface area contributed by atoms with E-state index in [1.165, 1.54) is 5.56 Å². The second-order valence-corrected chi connectivity index (χ2v) is 11.6. The summed E-state index contributed by atoms with van der Waals surface area (Å²) in [6.07, 6.45) is -1.91. The molecule has 2 aromatic carbocycles. The van der Waals surface area contributed by atoms with E-state index in [2.05, 4.69) is 34.5 Å². The predicted molar refractivity (Wildman–Crippen MR) is 151 cm³/mol. The summed E-state index contributed by atoms with van der Waals surface area (Å²) in [4.78, 5) is 44.9. The molecule has 218 valence electrons. The van der Waals surface area contributed by atoms with Crippen molar-refractivity contribution < 1.29 is 33.4 Å². The van der Waals surface area contributed by atoms with Crippen molar-refractivity contribution in [2.45, 2.75) is 59.3 Å². The molecule has 1 saturated heterocycles. The highest BCUT2D eigenvalue weighted by atomic mass is 16.8. The van der Waals surface area contributed by atoms with Gasteiger partial charge in [0.25, 0.3) is 5.91 Å². The Bertz CT molecular complexity index is 1130. The molecule has 40 heavy (non-hydrogen) atoms. The topological polar surface area (TPSA) is 107 Å². The molecule has 10 heteroatoms. The molecule has 1 fully saturated rings. The average Bonchev–Trinajstić information content (AvgIpc) is 2.87. The number of hydroxylamine groups is 2. The van der Waals surface area contributed by atoms with Crippen molar-refractivity contribution in [1.29, 1.82) is 0 Å². The highest BCUT2D eigenvalue weighted by molar-refractivity contribution is 5.94. The molecule has 2 amide bonds. The molecule has 0 saturated carbocycles. The molecule has 0 bridgehead atoms. The molecule has 0 unspecified atom stereocenters. The van der Waals surface area contributed by atoms with Crippen molar-refractivity contribution in [3.63, 3.8) is 0 Å². The summed E-state index contributed by atoms with van der Waals surface area (Å²) < 4.78 is 15.8. The largest absolute Gasteiger partial charge is 0.534 e. The number of ether oxygens (including phenoxy) is 3. The first-order valence-corrected chi connectivity index (χ1v) is 13.5. The SMILES string of the molecule is CC(C)(C)OC(=O)ON(CCNC(=O)c1ccc(-c2ccc(CN3CCOCC3)cc2)cc1)C(=O)OC(C)(C)C. The van der Waals surface area contributed by atoms with E-state index >= 15 is 0 Å². The van der Waals surface area contributed by atoms with Crippen LogP contribution in [0.15, 0.2) is 48.5 Å². The first-order valence-electron chi connectivity index (χ1n) is 13.5. The lowest BCUT2D eigenvalue weighted by Crippen LogP contribution is -2.43. The van der Waals surface area contributed by atoms with Crippen molar-refractivity contribution >= 4 is 18.2 Å². The van der Waals surface area contributed by atoms with Gasteiger partial charge in [-0.05, 0) is 70.4 Å². The third kappa shape index (κ3) is 10.5. The Hall–Kier alpha value is -3.63. The fourth-order valence-corrected chi connectivity index (χ4v) is 3.85. The van der Waals surface area contributed by atoms with E-state index < -0.39 is 23.5 Å². The highest BCUT2D eigenvalue weighted by Gasteiger charge is 2.28. The molecule has 0 spiro atoms. The lowest BCUT2D eigenvalue weighted by atomic mass is 10.0. The third-order valence-corrected chi connectivity index (χ3v) is 5.72. The first kappa shape index (κ1) is 30.9. The Balaban J connectivity index is 1.54. The summed E-state index contributed by atoms with van der Waals surface area (Å²) in [6, 6.07) is 15.7. The summed E-state index contributed by atoms with van der Waals surface area (Å²) in [5.74, 6) is -0.325. The van der Waals surface area contributed by atoms with Crippen LogP contribution in [0.3, 0.4) is 0 Å². The number of hydrogen-bond acceptors (Lipinski definition) is 8. The smallest absolute Gasteiger partial charge is 0.442 e. The van der Waals surface area contributed by atoms with Gasteiger partial charge in [0, 0.05) is 31.7 Å². The maximum atomic E-state index is 12.7. The zero-order valence-corrected chi connectivity index (χ0v) is 24.3. The minimum atomic E-state index is -1.05. The van der Waals surface area contributed by atoms with Crippen molar-refractivity contribution in [2.24, 2.45) is 0 Å². The van der Waals surface area contributed by atoms with Gasteiger partial charge in [0.2, 0.25) is 0 Å². The summed E-state index contributed by atoms with van der Waals surface area (Å²) in [7, 11) is 0. The Morgan fingerprint density at radius 1 is 0.850 bits per heavy atom. The molecule has 0 aliphatic carbocycles. The van der Waals surface area contributed by atoms with Gasteiger partial charge in [-0.3, -0.25) is 9.69 Å². The lowest BCUT2D eigenvalue weighted by molar-refractivity contribution is -0.135. The maximum absolute atomic E-state index is 12.7. The van der Waals surface area contributed by atoms with E-state index in [0.717, 1.165) is 49.0 Å². The third-order valence-electron chi connectivity index (χ3n) is 5.72. The zero-order valence-electron chi connectivity index (χ0n) is 24.3. The summed E-state index contributed by atoms with van der Waals surface area (Å²) >= 11 is 0. The first-order chi connectivity index (χ1) is 18.8. The van der Waals surface area contributed by atoms with Crippen LogP contribution >= 0.6 is 0 Å². The van der Waals surface area contributed by atoms with Crippen molar-refractivity contribution in [3.05, 3.63) is 59.7 Å². The number of amides is 2. The lowest BCUT2D eigenvalue weighted by Gasteiger charge is -2.27. The van der Waals surface area contributed by atoms with Crippen molar-refractivity contribution in [3.8, 4) is 11.1 Å². The van der Waals surface area contributed by atoms with Crippen LogP contribution in [0.4, 0.5) is 9.59 Å². The van der Waals surface area contributed by atoms with Gasteiger partial charge in [0.05, 0.1) is 19.8 Å². The summed E-state index contributed by atoms with van der Waals surface area (Å²) in [6.45, 7) is 14.4. The van der Waals surface area contributed by atoms with Gasteiger partial charge < -0.3 is 24.4 Å². The van der Waals surface area contributed by atoms with E-state index in [1.54, 1.807) is 53.7 Å². The zero-order chi connectivity index (χ0) is 29.3. The van der Waals surface area contributed by atoms with Crippen molar-refractivity contribution in [1.82, 2.24) is 15.3 Å². The molecule has 1 aliphatic heterocycles. The summed E-state index contributed by atoms with van der Waals surface area (Å²) in [5, 5.41) is 3.48. The molecular weight excluding hydrogens is 514 g/mol. The molecule has 3 rings (SSSR count). The number of morpholine rings is 1. The van der Waals surface area contributed by atoms with Gasteiger partial charge in [-0.25, -0.2) is 9.59 Å². The van der Waals surface area contributed by atoms with Gasteiger partial charge in [-0.15, -0.1) is 5.06 Å². The monoisotopic (exact) mass is 555 g/mol. The quantitative estimate of drug-likeness (QED) is 0.375. The van der Waals surface area contributed by atoms with Gasteiger partial charge in [-0.1, -0.05) is 36.4 Å². The van der Waals surface area contributed by atoms with Crippen LogP contribution in [-0.4, -0.2) is 78.7 Å². The minimum Gasteiger partial charge on any atom is -0.442 e. The second kappa shape index (κ2) is 13.6. The van der Waals surface area contributed by atoms with Gasteiger partial charge >= 0.3 is 12.2 Å². The van der Waals surface area contributed by atoms with E-state index in [1.807, 2.05) is 12.1 Å². The molecule has 1 aliphatic rings. The second-order valence-electron chi connectivity index (χ2n) is 11.6. The number of nitrogens with one attached hydrogen (secondary N) is 1. The number of nitrogens with zero attached hydrogens (tertiary/aromatic N) is 2. The van der Waals surface area contributed by atoms with Crippen LogP contribution in [0, 0.1) is 0 Å². The van der Waals surface area contributed by atoms with Crippen LogP contribution in [0.1, 0.15) is 57.5 Å². The number of hydrogen-bond donors (Lipinski definition) is 1. The number of carbonyl (C=O) groups is 3. The molecule has 0 radical (unpaired) electrons. The van der Waals surface area contributed by atoms with Crippen LogP contribution in [0.2, 0.25) is 0 Å². The maximum Gasteiger partial charge on any atom is 0.534 e. The molecule has 0 aromatic heterocycles. The van der Waals surface area contributed by atoms with Crippen LogP contribution in [-0.2, 0) is 25.6 Å². The number of rotatable bonds is 7. The van der Waals surface area contributed by atoms with Gasteiger partial charge in [-0.2, -0.15) is 0 Å². The van der Waals surface area contributed by atoms with E-state index in [-0.39, 0.29) is 19.0 Å². The Kier molecular flexibility index (Phi) is 10.5. The van der Waals surface area contributed by atoms with Gasteiger partial charge in [0.15, 0.2) is 0 Å². The number of benzene rings is 2. The number of carbonyl (C=O) groups excluding carboxylic acids is 3. The molecule has 1 N–H and O–H groups in total. The van der Waals surface area contributed by atoms with Crippen LogP contribution in [0.5, 0.6) is 0 Å². The molecule has 0 atom stereocenters. The standard InChI is InChI=1S/C30H41N3O7/c1-29(2,3)38-27(35)33(40-28(36)39-30(4,5)6)16-15-31-26(34)25-13-11-24(12-14-25)23-9-7-22(8-10-23)21-32-17-19-37-20-18-32/h7-14H,15-21H2,1-6H3,(H,31,34). The van der Waals surface area contributed by atoms with E-state index in [4.69, 9.17) is 19.0 Å². The minimum absolute atomic E-state index is 0.0211. The van der Waals surface area contributed by atoms with E-state index in [9.17, 15) is 14.4 Å². The fraction of sp³-hybridized carbons (Fsp3) is 0.500. The summed E-state index contributed by atoms with van der Waals surface area (Å²) in [5.41, 5.74) is 2.16. The fourth-order valence-electron chi connectivity index (χ4n) is 3.85. The average molecular weight is 556 g/mol. The van der Waals surface area contributed by atoms with Gasteiger partial charge in [0.1, 0.15) is 11.2 Å².